The van der Waals surface area contributed by atoms with Gasteiger partial charge in [0, 0.05) is 6.54 Å². The summed E-state index contributed by atoms with van der Waals surface area (Å²) in [5.41, 5.74) is 11.6. The average Bonchev–Trinajstić information content (AvgIpc) is 2.59. The van der Waals surface area contributed by atoms with Crippen LogP contribution in [-0.2, 0) is 14.8 Å². The lowest BCUT2D eigenvalue weighted by Crippen LogP contribution is -2.41. The molecule has 0 aliphatic carbocycles. The van der Waals surface area contributed by atoms with Crippen molar-refractivity contribution in [3.63, 3.8) is 0 Å². The molecule has 0 heterocycles. The lowest BCUT2D eigenvalue weighted by atomic mass is 9.98. The van der Waals surface area contributed by atoms with Crippen LogP contribution in [0.5, 0.6) is 5.75 Å². The monoisotopic (exact) mass is 379 g/mol. The van der Waals surface area contributed by atoms with Crippen molar-refractivity contribution in [1.29, 1.82) is 0 Å². The molecule has 2 unspecified atom stereocenters. The smallest absolute Gasteiger partial charge is 0.273 e. The standard InChI is InChI=1S/C18H25N3O4S/c1-3-8-26(23,24)21-11-12(2)13-4-5-15-10-16(7-6-14(15)9-13)25-18(20)17(19)22/h4-7,9-10,12,18,21H,3,8,11,20H2,1-2H3,(H2,19,22). The van der Waals surface area contributed by atoms with E-state index in [9.17, 15) is 13.2 Å². The summed E-state index contributed by atoms with van der Waals surface area (Å²) < 4.78 is 31.5. The number of rotatable bonds is 9. The van der Waals surface area contributed by atoms with Crippen molar-refractivity contribution in [3.8, 4) is 5.75 Å². The summed E-state index contributed by atoms with van der Waals surface area (Å²) in [5.74, 6) is -0.116. The fourth-order valence-corrected chi connectivity index (χ4v) is 3.72. The van der Waals surface area contributed by atoms with Gasteiger partial charge < -0.3 is 10.5 Å². The van der Waals surface area contributed by atoms with Gasteiger partial charge in [-0.3, -0.25) is 10.5 Å². The van der Waals surface area contributed by atoms with Crippen molar-refractivity contribution in [1.82, 2.24) is 4.72 Å². The molecule has 0 saturated carbocycles. The molecule has 0 aliphatic heterocycles. The molecule has 2 aromatic rings. The molecule has 7 nitrogen and oxygen atoms in total. The molecular weight excluding hydrogens is 354 g/mol. The Morgan fingerprint density at radius 2 is 1.85 bits per heavy atom. The molecule has 142 valence electrons. The van der Waals surface area contributed by atoms with Gasteiger partial charge in [0.15, 0.2) is 0 Å². The van der Waals surface area contributed by atoms with Gasteiger partial charge in [-0.25, -0.2) is 13.1 Å². The van der Waals surface area contributed by atoms with E-state index in [1.54, 1.807) is 12.1 Å². The molecule has 2 atom stereocenters. The number of carbonyl (C=O) groups excluding carboxylic acids is 1. The molecule has 2 aromatic carbocycles. The van der Waals surface area contributed by atoms with Gasteiger partial charge in [0.1, 0.15) is 5.75 Å². The molecule has 0 spiro atoms. The highest BCUT2D eigenvalue weighted by Gasteiger charge is 2.14. The Bertz CT molecular complexity index is 883. The van der Waals surface area contributed by atoms with Gasteiger partial charge in [0.25, 0.3) is 5.91 Å². The molecule has 0 fully saturated rings. The molecule has 0 radical (unpaired) electrons. The number of benzene rings is 2. The van der Waals surface area contributed by atoms with Crippen LogP contribution < -0.4 is 20.9 Å². The van der Waals surface area contributed by atoms with Crippen LogP contribution in [0.25, 0.3) is 10.8 Å². The third kappa shape index (κ3) is 5.42. The van der Waals surface area contributed by atoms with Crippen molar-refractivity contribution >= 4 is 26.7 Å². The van der Waals surface area contributed by atoms with Crippen LogP contribution in [0, 0.1) is 0 Å². The maximum Gasteiger partial charge on any atom is 0.273 e. The Morgan fingerprint density at radius 3 is 2.50 bits per heavy atom. The third-order valence-electron chi connectivity index (χ3n) is 4.03. The number of primary amides is 1. The predicted octanol–water partition coefficient (Wildman–Crippen LogP) is 1.42. The van der Waals surface area contributed by atoms with E-state index >= 15 is 0 Å². The van der Waals surface area contributed by atoms with Crippen LogP contribution in [0.4, 0.5) is 0 Å². The van der Waals surface area contributed by atoms with E-state index < -0.39 is 22.2 Å². The first kappa shape index (κ1) is 20.2. The number of amides is 1. The summed E-state index contributed by atoms with van der Waals surface area (Å²) in [6.07, 6.45) is -0.605. The van der Waals surface area contributed by atoms with Crippen molar-refractivity contribution in [3.05, 3.63) is 42.0 Å². The van der Waals surface area contributed by atoms with E-state index in [1.807, 2.05) is 38.1 Å². The van der Waals surface area contributed by atoms with Crippen molar-refractivity contribution < 1.29 is 17.9 Å². The fourth-order valence-electron chi connectivity index (χ4n) is 2.54. The Balaban J connectivity index is 2.12. The summed E-state index contributed by atoms with van der Waals surface area (Å²) in [6.45, 7) is 4.15. The van der Waals surface area contributed by atoms with Gasteiger partial charge in [-0.05, 0) is 40.8 Å². The second kappa shape index (κ2) is 8.48. The lowest BCUT2D eigenvalue weighted by molar-refractivity contribution is -0.124. The second-order valence-corrected chi connectivity index (χ2v) is 8.20. The van der Waals surface area contributed by atoms with E-state index in [0.29, 0.717) is 18.7 Å². The van der Waals surface area contributed by atoms with E-state index in [2.05, 4.69) is 4.72 Å². The van der Waals surface area contributed by atoms with Gasteiger partial charge in [0.05, 0.1) is 5.75 Å². The highest BCUT2D eigenvalue weighted by atomic mass is 32.2. The summed E-state index contributed by atoms with van der Waals surface area (Å²) in [6, 6.07) is 11.2. The van der Waals surface area contributed by atoms with Gasteiger partial charge in [-0.2, -0.15) is 0 Å². The van der Waals surface area contributed by atoms with E-state index in [-0.39, 0.29) is 11.7 Å². The third-order valence-corrected chi connectivity index (χ3v) is 5.58. The molecular formula is C18H25N3O4S. The molecule has 0 aliphatic rings. The van der Waals surface area contributed by atoms with Crippen LogP contribution in [0.2, 0.25) is 0 Å². The van der Waals surface area contributed by atoms with Gasteiger partial charge in [-0.15, -0.1) is 0 Å². The Hall–Kier alpha value is -2.16. The SMILES string of the molecule is CCCS(=O)(=O)NCC(C)c1ccc2cc(OC(N)C(N)=O)ccc2c1. The van der Waals surface area contributed by atoms with Gasteiger partial charge in [-0.1, -0.05) is 38.1 Å². The molecule has 2 rings (SSSR count). The Labute approximate surface area is 153 Å². The zero-order chi connectivity index (χ0) is 19.3. The first-order valence-electron chi connectivity index (χ1n) is 8.44. The predicted molar refractivity (Wildman–Crippen MR) is 102 cm³/mol. The van der Waals surface area contributed by atoms with Crippen molar-refractivity contribution in [2.24, 2.45) is 11.5 Å². The Kier molecular flexibility index (Phi) is 6.57. The quantitative estimate of drug-likeness (QED) is 0.568. The van der Waals surface area contributed by atoms with Gasteiger partial charge in [0.2, 0.25) is 16.3 Å². The average molecular weight is 379 g/mol. The number of ether oxygens (including phenoxy) is 1. The lowest BCUT2D eigenvalue weighted by Gasteiger charge is -2.15. The van der Waals surface area contributed by atoms with Crippen molar-refractivity contribution in [2.45, 2.75) is 32.4 Å². The highest BCUT2D eigenvalue weighted by Crippen LogP contribution is 2.25. The van der Waals surface area contributed by atoms with E-state index in [0.717, 1.165) is 16.3 Å². The summed E-state index contributed by atoms with van der Waals surface area (Å²) in [7, 11) is -3.22. The Morgan fingerprint density at radius 1 is 1.19 bits per heavy atom. The normalized spacial score (nSPS) is 14.1. The summed E-state index contributed by atoms with van der Waals surface area (Å²) in [5, 5.41) is 1.90. The number of hydrogen-bond acceptors (Lipinski definition) is 5. The van der Waals surface area contributed by atoms with Crippen LogP contribution >= 0.6 is 0 Å². The number of fused-ring (bicyclic) bond motifs is 1. The molecule has 8 heteroatoms. The highest BCUT2D eigenvalue weighted by molar-refractivity contribution is 7.89. The number of sulfonamides is 1. The maximum absolute atomic E-state index is 11.8. The minimum absolute atomic E-state index is 0.0326. The zero-order valence-electron chi connectivity index (χ0n) is 14.9. The first-order valence-corrected chi connectivity index (χ1v) is 10.1. The summed E-state index contributed by atoms with van der Waals surface area (Å²) in [4.78, 5) is 11.0. The van der Waals surface area contributed by atoms with Crippen LogP contribution in [-0.4, -0.2) is 32.9 Å². The van der Waals surface area contributed by atoms with Crippen LogP contribution in [0.3, 0.4) is 0 Å². The van der Waals surface area contributed by atoms with Crippen LogP contribution in [0.1, 0.15) is 31.7 Å². The molecule has 5 N–H and O–H groups in total. The maximum atomic E-state index is 11.8. The zero-order valence-corrected chi connectivity index (χ0v) is 15.8. The largest absolute Gasteiger partial charge is 0.466 e. The molecule has 1 amide bonds. The minimum Gasteiger partial charge on any atom is -0.466 e. The number of carbonyl (C=O) groups is 1. The second-order valence-electron chi connectivity index (χ2n) is 6.28. The van der Waals surface area contributed by atoms with Crippen molar-refractivity contribution in [2.75, 3.05) is 12.3 Å². The van der Waals surface area contributed by atoms with E-state index in [4.69, 9.17) is 16.2 Å². The molecule has 0 aromatic heterocycles. The minimum atomic E-state index is -3.22. The number of nitrogens with two attached hydrogens (primary N) is 2. The molecule has 0 saturated heterocycles. The van der Waals surface area contributed by atoms with Gasteiger partial charge >= 0.3 is 0 Å². The number of nitrogens with one attached hydrogen (secondary N) is 1. The molecule has 0 bridgehead atoms. The first-order chi connectivity index (χ1) is 12.2. The van der Waals surface area contributed by atoms with E-state index in [1.165, 1.54) is 0 Å². The topological polar surface area (TPSA) is 125 Å². The van der Waals surface area contributed by atoms with Crippen LogP contribution in [0.15, 0.2) is 36.4 Å². The summed E-state index contributed by atoms with van der Waals surface area (Å²) >= 11 is 0. The molecule has 26 heavy (non-hydrogen) atoms. The number of hydrogen-bond donors (Lipinski definition) is 3. The fraction of sp³-hybridized carbons (Fsp3) is 0.389.